The topological polar surface area (TPSA) is 73.0 Å². The third kappa shape index (κ3) is 6.20. The van der Waals surface area contributed by atoms with Crippen LogP contribution in [0.5, 0.6) is 0 Å². The van der Waals surface area contributed by atoms with E-state index in [1.54, 1.807) is 12.1 Å². The predicted octanol–water partition coefficient (Wildman–Crippen LogP) is 1.79. The average molecular weight is 449 g/mol. The zero-order valence-electron chi connectivity index (χ0n) is 19.0. The first-order valence-electron chi connectivity index (χ1n) is 11.8. The van der Waals surface area contributed by atoms with E-state index in [0.717, 1.165) is 31.5 Å². The van der Waals surface area contributed by atoms with Gasteiger partial charge >= 0.3 is 0 Å². The van der Waals surface area contributed by atoms with Gasteiger partial charge in [0.1, 0.15) is 6.04 Å². The molecule has 2 aromatic rings. The summed E-state index contributed by atoms with van der Waals surface area (Å²) in [6.07, 6.45) is 2.61. The third-order valence-electron chi connectivity index (χ3n) is 6.42. The fourth-order valence-electron chi connectivity index (χ4n) is 4.49. The van der Waals surface area contributed by atoms with E-state index >= 15 is 0 Å². The molecule has 7 heteroatoms. The molecular weight excluding hydrogens is 416 g/mol. The van der Waals surface area contributed by atoms with Crippen molar-refractivity contribution < 1.29 is 14.4 Å². The number of piperazine rings is 1. The van der Waals surface area contributed by atoms with E-state index in [-0.39, 0.29) is 17.7 Å². The van der Waals surface area contributed by atoms with E-state index in [4.69, 9.17) is 0 Å². The summed E-state index contributed by atoms with van der Waals surface area (Å²) in [5.41, 5.74) is 1.53. The summed E-state index contributed by atoms with van der Waals surface area (Å²) < 4.78 is 0. The Morgan fingerprint density at radius 3 is 2.00 bits per heavy atom. The second-order valence-electron chi connectivity index (χ2n) is 8.77. The lowest BCUT2D eigenvalue weighted by molar-refractivity contribution is -0.136. The molecule has 174 valence electrons. The number of carbonyl (C=O) groups is 3. The fourth-order valence-corrected chi connectivity index (χ4v) is 4.49. The Bertz CT molecular complexity index is 937. The lowest BCUT2D eigenvalue weighted by Gasteiger charge is -2.36. The Hall–Kier alpha value is -3.19. The summed E-state index contributed by atoms with van der Waals surface area (Å²) in [5.74, 6) is -0.141. The highest BCUT2D eigenvalue weighted by molar-refractivity contribution is 5.97. The highest BCUT2D eigenvalue weighted by atomic mass is 16.2. The van der Waals surface area contributed by atoms with Crippen LogP contribution in [0, 0.1) is 0 Å². The van der Waals surface area contributed by atoms with Gasteiger partial charge in [-0.15, -0.1) is 0 Å². The van der Waals surface area contributed by atoms with Crippen LogP contribution in [0.4, 0.5) is 0 Å². The maximum Gasteiger partial charge on any atom is 0.251 e. The summed E-state index contributed by atoms with van der Waals surface area (Å²) in [6.45, 7) is 4.57. The van der Waals surface area contributed by atoms with Gasteiger partial charge < -0.3 is 15.1 Å². The summed E-state index contributed by atoms with van der Waals surface area (Å²) in [5, 5.41) is 2.95. The second-order valence-corrected chi connectivity index (χ2v) is 8.77. The number of hydrogen-bond donors (Lipinski definition) is 1. The van der Waals surface area contributed by atoms with Crippen LogP contribution in [0.25, 0.3) is 0 Å². The molecule has 2 aromatic carbocycles. The van der Waals surface area contributed by atoms with Crippen molar-refractivity contribution in [2.45, 2.75) is 25.3 Å². The van der Waals surface area contributed by atoms with Crippen molar-refractivity contribution in [1.29, 1.82) is 0 Å². The molecule has 0 radical (unpaired) electrons. The Labute approximate surface area is 195 Å². The molecule has 2 heterocycles. The van der Waals surface area contributed by atoms with Gasteiger partial charge in [0.15, 0.2) is 0 Å². The van der Waals surface area contributed by atoms with E-state index < -0.39 is 6.04 Å². The molecule has 0 aromatic heterocycles. The molecule has 7 nitrogen and oxygen atoms in total. The minimum atomic E-state index is -0.641. The molecule has 1 N–H and O–H groups in total. The zero-order chi connectivity index (χ0) is 23.0. The number of nitrogens with one attached hydrogen (secondary N) is 1. The van der Waals surface area contributed by atoms with E-state index in [1.807, 2.05) is 58.3 Å². The van der Waals surface area contributed by atoms with Crippen molar-refractivity contribution >= 4 is 17.7 Å². The first-order chi connectivity index (χ1) is 16.1. The quantitative estimate of drug-likeness (QED) is 0.701. The molecule has 2 aliphatic heterocycles. The molecule has 1 atom stereocenters. The number of hydrogen-bond acceptors (Lipinski definition) is 4. The highest BCUT2D eigenvalue weighted by Gasteiger charge is 2.30. The van der Waals surface area contributed by atoms with Gasteiger partial charge in [0, 0.05) is 51.3 Å². The molecular formula is C26H32N4O3. The second kappa shape index (κ2) is 11.1. The summed E-state index contributed by atoms with van der Waals surface area (Å²) in [7, 11) is 0. The molecule has 3 amide bonds. The average Bonchev–Trinajstić information content (AvgIpc) is 3.40. The lowest BCUT2D eigenvalue weighted by atomic mass is 10.0. The smallest absolute Gasteiger partial charge is 0.251 e. The van der Waals surface area contributed by atoms with Gasteiger partial charge in [0.25, 0.3) is 5.91 Å². The van der Waals surface area contributed by atoms with E-state index in [0.29, 0.717) is 44.7 Å². The van der Waals surface area contributed by atoms with Crippen LogP contribution in [0.1, 0.15) is 28.8 Å². The van der Waals surface area contributed by atoms with Gasteiger partial charge in [0.2, 0.25) is 11.8 Å². The van der Waals surface area contributed by atoms with E-state index in [9.17, 15) is 14.4 Å². The summed E-state index contributed by atoms with van der Waals surface area (Å²) >= 11 is 0. The maximum atomic E-state index is 13.4. The van der Waals surface area contributed by atoms with Crippen molar-refractivity contribution in [3.05, 3.63) is 71.8 Å². The third-order valence-corrected chi connectivity index (χ3v) is 6.42. The predicted molar refractivity (Wildman–Crippen MR) is 127 cm³/mol. The Morgan fingerprint density at radius 1 is 0.758 bits per heavy atom. The zero-order valence-corrected chi connectivity index (χ0v) is 19.0. The lowest BCUT2D eigenvalue weighted by Crippen LogP contribution is -2.56. The van der Waals surface area contributed by atoms with Crippen molar-refractivity contribution in [1.82, 2.24) is 20.0 Å². The van der Waals surface area contributed by atoms with Crippen molar-refractivity contribution in [2.75, 3.05) is 45.8 Å². The minimum absolute atomic E-state index is 0.0753. The molecule has 0 spiro atoms. The van der Waals surface area contributed by atoms with Gasteiger partial charge in [-0.2, -0.15) is 0 Å². The number of rotatable bonds is 7. The molecule has 1 unspecified atom stereocenters. The molecule has 0 aliphatic carbocycles. The highest BCUT2D eigenvalue weighted by Crippen LogP contribution is 2.12. The summed E-state index contributed by atoms with van der Waals surface area (Å²) in [4.78, 5) is 44.6. The molecule has 0 saturated carbocycles. The van der Waals surface area contributed by atoms with Gasteiger partial charge in [-0.05, 0) is 30.5 Å². The molecule has 0 bridgehead atoms. The van der Waals surface area contributed by atoms with Crippen LogP contribution in [0.15, 0.2) is 60.7 Å². The first-order valence-corrected chi connectivity index (χ1v) is 11.8. The van der Waals surface area contributed by atoms with Gasteiger partial charge in [-0.1, -0.05) is 48.5 Å². The van der Waals surface area contributed by atoms with Crippen LogP contribution in [-0.2, 0) is 16.0 Å². The minimum Gasteiger partial charge on any atom is -0.342 e. The Balaban J connectivity index is 1.37. The molecule has 4 rings (SSSR count). The summed E-state index contributed by atoms with van der Waals surface area (Å²) in [6, 6.07) is 18.1. The number of amides is 3. The maximum absolute atomic E-state index is 13.4. The van der Waals surface area contributed by atoms with Crippen LogP contribution in [0.2, 0.25) is 0 Å². The SMILES string of the molecule is O=C(NC(Cc1ccccc1)C(=O)N1CCN(CC(=O)N2CCCC2)CC1)c1ccccc1. The van der Waals surface area contributed by atoms with Crippen molar-refractivity contribution in [3.8, 4) is 0 Å². The first kappa shape index (κ1) is 23.0. The molecule has 2 saturated heterocycles. The van der Waals surface area contributed by atoms with Crippen molar-refractivity contribution in [2.24, 2.45) is 0 Å². The van der Waals surface area contributed by atoms with Gasteiger partial charge in [0.05, 0.1) is 6.54 Å². The van der Waals surface area contributed by atoms with Crippen LogP contribution >= 0.6 is 0 Å². The Kier molecular flexibility index (Phi) is 7.73. The molecule has 33 heavy (non-hydrogen) atoms. The van der Waals surface area contributed by atoms with Gasteiger partial charge in [-0.3, -0.25) is 19.3 Å². The number of benzene rings is 2. The van der Waals surface area contributed by atoms with Crippen LogP contribution < -0.4 is 5.32 Å². The normalized spacial score (nSPS) is 17.6. The van der Waals surface area contributed by atoms with Crippen molar-refractivity contribution in [3.63, 3.8) is 0 Å². The standard InChI is InChI=1S/C26H32N4O3/c31-24(29-13-7-8-14-29)20-28-15-17-30(18-16-28)26(33)23(19-21-9-3-1-4-10-21)27-25(32)22-11-5-2-6-12-22/h1-6,9-12,23H,7-8,13-20H2,(H,27,32). The number of likely N-dealkylation sites (tertiary alicyclic amines) is 1. The monoisotopic (exact) mass is 448 g/mol. The Morgan fingerprint density at radius 2 is 1.36 bits per heavy atom. The van der Waals surface area contributed by atoms with Crippen LogP contribution in [-0.4, -0.2) is 84.3 Å². The van der Waals surface area contributed by atoms with E-state index in [1.165, 1.54) is 0 Å². The van der Waals surface area contributed by atoms with Crippen LogP contribution in [0.3, 0.4) is 0 Å². The van der Waals surface area contributed by atoms with Gasteiger partial charge in [-0.25, -0.2) is 0 Å². The fraction of sp³-hybridized carbons (Fsp3) is 0.423. The number of carbonyl (C=O) groups excluding carboxylic acids is 3. The number of nitrogens with zero attached hydrogens (tertiary/aromatic N) is 3. The van der Waals surface area contributed by atoms with E-state index in [2.05, 4.69) is 10.2 Å². The molecule has 2 aliphatic rings. The molecule has 2 fully saturated rings. The largest absolute Gasteiger partial charge is 0.342 e.